The molecule has 2 amide bonds. The lowest BCUT2D eigenvalue weighted by atomic mass is 9.95. The van der Waals surface area contributed by atoms with Gasteiger partial charge in [-0.15, -0.1) is 0 Å². The zero-order valence-electron chi connectivity index (χ0n) is 16.7. The van der Waals surface area contributed by atoms with Crippen molar-refractivity contribution in [3.8, 4) is 0 Å². The second-order valence-electron chi connectivity index (χ2n) is 7.19. The van der Waals surface area contributed by atoms with Crippen molar-refractivity contribution in [1.29, 1.82) is 0 Å². The first-order valence-electron chi connectivity index (χ1n) is 9.71. The highest BCUT2D eigenvalue weighted by Crippen LogP contribution is 2.30. The van der Waals surface area contributed by atoms with E-state index < -0.39 is 17.8 Å². The summed E-state index contributed by atoms with van der Waals surface area (Å²) < 4.78 is 42.8. The first-order valence-corrected chi connectivity index (χ1v) is 9.71. The minimum Gasteiger partial charge on any atom is -0.385 e. The zero-order valence-corrected chi connectivity index (χ0v) is 16.7. The van der Waals surface area contributed by atoms with Gasteiger partial charge in [-0.2, -0.15) is 13.2 Å². The molecular formula is C20H28F3N3O3. The van der Waals surface area contributed by atoms with Crippen LogP contribution in [0.4, 0.5) is 18.9 Å². The molecule has 1 aromatic rings. The number of hydrogen-bond donors (Lipinski definition) is 2. The third kappa shape index (κ3) is 7.01. The standard InChI is InChI=1S/C20H28F3N3O3/c1-14(18(27)25-17-6-4-16(5-7-17)20(21,22)23)26-11-8-15(9-12-26)19(28)24-10-3-13-29-2/h4-7,14-15H,3,8-13H2,1-2H3,(H,24,28)(H,25,27). The fourth-order valence-corrected chi connectivity index (χ4v) is 3.28. The number of carbonyl (C=O) groups excluding carboxylic acids is 2. The van der Waals surface area contributed by atoms with Crippen LogP contribution in [0.5, 0.6) is 0 Å². The summed E-state index contributed by atoms with van der Waals surface area (Å²) in [6.07, 6.45) is -2.32. The van der Waals surface area contributed by atoms with Gasteiger partial charge in [-0.1, -0.05) is 0 Å². The molecule has 9 heteroatoms. The zero-order chi connectivity index (χ0) is 21.4. The molecule has 2 N–H and O–H groups in total. The second-order valence-corrected chi connectivity index (χ2v) is 7.19. The van der Waals surface area contributed by atoms with Crippen LogP contribution in [-0.4, -0.2) is 56.1 Å². The van der Waals surface area contributed by atoms with Crippen molar-refractivity contribution in [3.63, 3.8) is 0 Å². The molecule has 0 radical (unpaired) electrons. The Bertz CT molecular complexity index is 672. The number of nitrogens with zero attached hydrogens (tertiary/aromatic N) is 1. The van der Waals surface area contributed by atoms with E-state index in [0.717, 1.165) is 18.6 Å². The van der Waals surface area contributed by atoms with Crippen LogP contribution in [0.15, 0.2) is 24.3 Å². The van der Waals surface area contributed by atoms with Crippen molar-refractivity contribution in [2.45, 2.75) is 38.4 Å². The minimum atomic E-state index is -4.41. The number of rotatable bonds is 8. The molecule has 1 saturated heterocycles. The van der Waals surface area contributed by atoms with E-state index in [4.69, 9.17) is 4.74 Å². The topological polar surface area (TPSA) is 70.7 Å². The first kappa shape index (κ1) is 23.2. The van der Waals surface area contributed by atoms with E-state index in [1.54, 1.807) is 14.0 Å². The quantitative estimate of drug-likeness (QED) is 0.641. The average molecular weight is 415 g/mol. The van der Waals surface area contributed by atoms with E-state index in [-0.39, 0.29) is 17.7 Å². The summed E-state index contributed by atoms with van der Waals surface area (Å²) in [7, 11) is 1.62. The Hall–Kier alpha value is -2.13. The molecule has 1 aliphatic rings. The molecule has 2 rings (SSSR count). The number of ether oxygens (including phenoxy) is 1. The van der Waals surface area contributed by atoms with Crippen LogP contribution in [-0.2, 0) is 20.5 Å². The molecule has 1 atom stereocenters. The molecule has 1 aromatic carbocycles. The van der Waals surface area contributed by atoms with Gasteiger partial charge < -0.3 is 15.4 Å². The molecule has 29 heavy (non-hydrogen) atoms. The maximum absolute atomic E-state index is 12.6. The Morgan fingerprint density at radius 2 is 1.83 bits per heavy atom. The second kappa shape index (κ2) is 10.6. The van der Waals surface area contributed by atoms with Gasteiger partial charge >= 0.3 is 6.18 Å². The Morgan fingerprint density at radius 3 is 2.38 bits per heavy atom. The number of alkyl halides is 3. The van der Waals surface area contributed by atoms with Crippen molar-refractivity contribution < 1.29 is 27.5 Å². The molecule has 6 nitrogen and oxygen atoms in total. The van der Waals surface area contributed by atoms with Gasteiger partial charge in [0.05, 0.1) is 11.6 Å². The van der Waals surface area contributed by atoms with Gasteiger partial charge in [0.15, 0.2) is 0 Å². The maximum atomic E-state index is 12.6. The van der Waals surface area contributed by atoms with Crippen LogP contribution in [0.25, 0.3) is 0 Å². The van der Waals surface area contributed by atoms with Gasteiger partial charge in [0.2, 0.25) is 11.8 Å². The number of halogens is 3. The molecular weight excluding hydrogens is 387 g/mol. The molecule has 1 unspecified atom stereocenters. The van der Waals surface area contributed by atoms with E-state index in [1.165, 1.54) is 12.1 Å². The SMILES string of the molecule is COCCCNC(=O)C1CCN(C(C)C(=O)Nc2ccc(C(F)(F)F)cc2)CC1. The number of benzene rings is 1. The minimum absolute atomic E-state index is 0.0302. The summed E-state index contributed by atoms with van der Waals surface area (Å²) in [6, 6.07) is 3.93. The summed E-state index contributed by atoms with van der Waals surface area (Å²) in [5, 5.41) is 5.56. The largest absolute Gasteiger partial charge is 0.416 e. The molecule has 0 aromatic heterocycles. The van der Waals surface area contributed by atoms with Gasteiger partial charge in [0.1, 0.15) is 0 Å². The third-order valence-electron chi connectivity index (χ3n) is 5.13. The predicted molar refractivity (Wildman–Crippen MR) is 103 cm³/mol. The number of carbonyl (C=O) groups is 2. The van der Waals surface area contributed by atoms with E-state index >= 15 is 0 Å². The van der Waals surface area contributed by atoms with E-state index in [2.05, 4.69) is 10.6 Å². The van der Waals surface area contributed by atoms with Crippen LogP contribution in [0.2, 0.25) is 0 Å². The lowest BCUT2D eigenvalue weighted by molar-refractivity contribution is -0.137. The predicted octanol–water partition coefficient (Wildman–Crippen LogP) is 2.90. The lowest BCUT2D eigenvalue weighted by Crippen LogP contribution is -2.48. The molecule has 0 aliphatic carbocycles. The molecule has 0 spiro atoms. The van der Waals surface area contributed by atoms with Crippen LogP contribution in [0.3, 0.4) is 0 Å². The van der Waals surface area contributed by atoms with E-state index in [9.17, 15) is 22.8 Å². The number of piperidine rings is 1. The number of nitrogens with one attached hydrogen (secondary N) is 2. The first-order chi connectivity index (χ1) is 13.7. The Morgan fingerprint density at radius 1 is 1.21 bits per heavy atom. The number of likely N-dealkylation sites (tertiary alicyclic amines) is 1. The number of hydrogen-bond acceptors (Lipinski definition) is 4. The van der Waals surface area contributed by atoms with Gasteiger partial charge in [0, 0.05) is 31.9 Å². The highest BCUT2D eigenvalue weighted by molar-refractivity contribution is 5.94. The van der Waals surface area contributed by atoms with Gasteiger partial charge in [-0.3, -0.25) is 14.5 Å². The van der Waals surface area contributed by atoms with E-state index in [1.807, 2.05) is 4.90 Å². The fraction of sp³-hybridized carbons (Fsp3) is 0.600. The van der Waals surface area contributed by atoms with Crippen molar-refractivity contribution in [2.75, 3.05) is 38.7 Å². The number of anilines is 1. The average Bonchev–Trinajstić information content (AvgIpc) is 2.70. The molecule has 0 saturated carbocycles. The molecule has 162 valence electrons. The summed E-state index contributed by atoms with van der Waals surface area (Å²) in [5.74, 6) is -0.325. The fourth-order valence-electron chi connectivity index (χ4n) is 3.28. The Balaban J connectivity index is 1.78. The van der Waals surface area contributed by atoms with Crippen LogP contribution >= 0.6 is 0 Å². The highest BCUT2D eigenvalue weighted by atomic mass is 19.4. The van der Waals surface area contributed by atoms with Gasteiger partial charge in [0.25, 0.3) is 0 Å². The molecule has 1 aliphatic heterocycles. The van der Waals surface area contributed by atoms with Crippen LogP contribution < -0.4 is 10.6 Å². The molecule has 1 fully saturated rings. The van der Waals surface area contributed by atoms with Crippen LogP contribution in [0, 0.1) is 5.92 Å². The summed E-state index contributed by atoms with van der Waals surface area (Å²) in [6.45, 7) is 4.16. The van der Waals surface area contributed by atoms with Crippen molar-refractivity contribution >= 4 is 17.5 Å². The highest BCUT2D eigenvalue weighted by Gasteiger charge is 2.31. The smallest absolute Gasteiger partial charge is 0.385 e. The molecule has 0 bridgehead atoms. The van der Waals surface area contributed by atoms with Crippen LogP contribution in [0.1, 0.15) is 31.7 Å². The van der Waals surface area contributed by atoms with E-state index in [0.29, 0.717) is 44.8 Å². The number of methoxy groups -OCH3 is 1. The maximum Gasteiger partial charge on any atom is 0.416 e. The normalized spacial score (nSPS) is 17.0. The van der Waals surface area contributed by atoms with Crippen molar-refractivity contribution in [2.24, 2.45) is 5.92 Å². The summed E-state index contributed by atoms with van der Waals surface area (Å²) in [5.41, 5.74) is -0.439. The Kier molecular flexibility index (Phi) is 8.45. The lowest BCUT2D eigenvalue weighted by Gasteiger charge is -2.34. The third-order valence-corrected chi connectivity index (χ3v) is 5.13. The Labute approximate surface area is 168 Å². The monoisotopic (exact) mass is 415 g/mol. The van der Waals surface area contributed by atoms with Gasteiger partial charge in [-0.05, 0) is 63.5 Å². The summed E-state index contributed by atoms with van der Waals surface area (Å²) in [4.78, 5) is 26.6. The van der Waals surface area contributed by atoms with Crippen molar-refractivity contribution in [1.82, 2.24) is 10.2 Å². The summed E-state index contributed by atoms with van der Waals surface area (Å²) >= 11 is 0. The van der Waals surface area contributed by atoms with Crippen molar-refractivity contribution in [3.05, 3.63) is 29.8 Å². The number of amides is 2. The molecule has 1 heterocycles. The van der Waals surface area contributed by atoms with Gasteiger partial charge in [-0.25, -0.2) is 0 Å².